The molecule has 0 aromatic heterocycles. The monoisotopic (exact) mass is 1480 g/mol. The average molecular weight is 1480 g/mol. The Balaban J connectivity index is 0.784. The predicted molar refractivity (Wildman–Crippen MR) is 484 cm³/mol. The van der Waals surface area contributed by atoms with Gasteiger partial charge in [0.25, 0.3) is 0 Å². The van der Waals surface area contributed by atoms with Gasteiger partial charge in [-0.1, -0.05) is 308 Å². The van der Waals surface area contributed by atoms with Crippen LogP contribution in [0.25, 0.3) is 33.4 Å². The Kier molecular flexibility index (Phi) is 27.7. The molecule has 3 aliphatic rings. The van der Waals surface area contributed by atoms with Crippen molar-refractivity contribution in [2.75, 3.05) is 20.4 Å². The van der Waals surface area contributed by atoms with Crippen molar-refractivity contribution in [3.8, 4) is 33.4 Å². The third-order valence-electron chi connectivity index (χ3n) is 25.7. The third kappa shape index (κ3) is 18.7. The van der Waals surface area contributed by atoms with Gasteiger partial charge in [-0.15, -0.1) is 0 Å². The molecule has 111 heavy (non-hydrogen) atoms. The van der Waals surface area contributed by atoms with E-state index < -0.39 is 0 Å². The summed E-state index contributed by atoms with van der Waals surface area (Å²) in [5, 5.41) is 8.18. The first-order chi connectivity index (χ1) is 54.3. The first-order valence-electron chi connectivity index (χ1n) is 44.7. The highest BCUT2D eigenvalue weighted by Gasteiger charge is 2.44. The zero-order valence-electron chi connectivity index (χ0n) is 70.1. The Morgan fingerprint density at radius 2 is 0.432 bits per heavy atom. The van der Waals surface area contributed by atoms with E-state index in [9.17, 15) is 0 Å². The number of rotatable bonds is 44. The van der Waals surface area contributed by atoms with E-state index in [1.165, 1.54) is 314 Å². The average Bonchev–Trinajstić information content (AvgIpc) is 1.54. The number of unbranched alkanes of at least 4 members (excludes halogenated alkanes) is 22. The van der Waals surface area contributed by atoms with E-state index in [4.69, 9.17) is 0 Å². The second-order valence-electron chi connectivity index (χ2n) is 34.7. The van der Waals surface area contributed by atoms with Crippen LogP contribution in [0.4, 0.5) is 56.9 Å². The number of nitrogens with zero attached hydrogens (tertiary/aromatic N) is 2. The second-order valence-corrected chi connectivity index (χ2v) is 34.7. The lowest BCUT2D eigenvalue weighted by molar-refractivity contribution is 0.398. The van der Waals surface area contributed by atoms with E-state index in [1.54, 1.807) is 0 Å². The smallest absolute Gasteiger partial charge is 0.0465 e. The number of fused-ring (bicyclic) bond motifs is 9. The molecule has 10 aromatic rings. The fourth-order valence-corrected chi connectivity index (χ4v) is 19.1. The molecule has 13 rings (SSSR count). The van der Waals surface area contributed by atoms with Gasteiger partial charge in [-0.3, -0.25) is 0 Å². The lowest BCUT2D eigenvalue weighted by Gasteiger charge is -2.33. The SMILES string of the molecule is CCCCCCCCC1(CCCCCCCC)c2cc(Nc3ccc4c(c3)C(C)(C)c3cc(N(c5ccc(CCCCCC)cc5)c5ccc(CCCCCC)cc5)ccc3-4)ccc2-c2ccc(Nc3ccc4c(c3)C(C)(C)c3cc(N(c5ccc(CCCCCC)cc5)c5ccc(CCCCCC)cc5)ccc3-4)cc21. The molecule has 0 atom stereocenters. The Bertz CT molecular complexity index is 4220. The quantitative estimate of drug-likeness (QED) is 0.0373. The highest BCUT2D eigenvalue weighted by molar-refractivity contribution is 5.91. The zero-order chi connectivity index (χ0) is 77.2. The van der Waals surface area contributed by atoms with Gasteiger partial charge in [0.05, 0.1) is 0 Å². The number of nitrogens with one attached hydrogen (secondary N) is 2. The fourth-order valence-electron chi connectivity index (χ4n) is 19.1. The van der Waals surface area contributed by atoms with Gasteiger partial charge >= 0.3 is 0 Å². The maximum atomic E-state index is 4.09. The summed E-state index contributed by atoms with van der Waals surface area (Å²) in [6.45, 7) is 23.7. The largest absolute Gasteiger partial charge is 0.356 e. The van der Waals surface area contributed by atoms with Crippen molar-refractivity contribution in [3.05, 3.63) is 262 Å². The Morgan fingerprint density at radius 3 is 0.712 bits per heavy atom. The minimum Gasteiger partial charge on any atom is -0.356 e. The van der Waals surface area contributed by atoms with Crippen LogP contribution in [0, 0.1) is 0 Å². The van der Waals surface area contributed by atoms with Gasteiger partial charge in [0, 0.05) is 73.1 Å². The van der Waals surface area contributed by atoms with Crippen molar-refractivity contribution in [3.63, 3.8) is 0 Å². The van der Waals surface area contributed by atoms with Crippen LogP contribution >= 0.6 is 0 Å². The van der Waals surface area contributed by atoms with E-state index in [-0.39, 0.29) is 16.2 Å². The molecule has 4 heteroatoms. The van der Waals surface area contributed by atoms with Gasteiger partial charge in [0.15, 0.2) is 0 Å². The van der Waals surface area contributed by atoms with E-state index in [2.05, 4.69) is 296 Å². The summed E-state index contributed by atoms with van der Waals surface area (Å²) >= 11 is 0. The van der Waals surface area contributed by atoms with Crippen molar-refractivity contribution in [2.24, 2.45) is 0 Å². The topological polar surface area (TPSA) is 30.5 Å². The Labute approximate surface area is 672 Å². The summed E-state index contributed by atoms with van der Waals surface area (Å²) in [5.74, 6) is 0. The van der Waals surface area contributed by atoms with Crippen molar-refractivity contribution >= 4 is 56.9 Å². The summed E-state index contributed by atoms with van der Waals surface area (Å²) in [4.78, 5) is 5.00. The molecule has 0 spiro atoms. The molecule has 0 saturated carbocycles. The molecule has 0 aliphatic heterocycles. The van der Waals surface area contributed by atoms with Crippen LogP contribution in [0.1, 0.15) is 317 Å². The molecule has 0 amide bonds. The normalized spacial score (nSPS) is 13.7. The molecule has 0 radical (unpaired) electrons. The van der Waals surface area contributed by atoms with Crippen LogP contribution in [0.3, 0.4) is 0 Å². The predicted octanol–water partition coefficient (Wildman–Crippen LogP) is 33.0. The van der Waals surface area contributed by atoms with Gasteiger partial charge in [0.2, 0.25) is 0 Å². The summed E-state index contributed by atoms with van der Waals surface area (Å²) in [6, 6.07) is 81.8. The molecule has 4 nitrogen and oxygen atoms in total. The van der Waals surface area contributed by atoms with Gasteiger partial charge < -0.3 is 20.4 Å². The zero-order valence-corrected chi connectivity index (χ0v) is 70.1. The maximum Gasteiger partial charge on any atom is 0.0465 e. The summed E-state index contributed by atoms with van der Waals surface area (Å²) < 4.78 is 0. The van der Waals surface area contributed by atoms with Gasteiger partial charge in [-0.2, -0.15) is 0 Å². The molecule has 2 N–H and O–H groups in total. The van der Waals surface area contributed by atoms with Crippen LogP contribution in [0.15, 0.2) is 206 Å². The molecule has 0 heterocycles. The standard InChI is InChI=1S/C107H134N4/c1-11-17-23-29-31-37-71-107(72-38-32-30-24-18-12-2)103-75-85(108-83-51-65-93-95-69-63-91(77-101(95)105(7,8)99(93)73-83)110(87-55-43-79(44-56-87)39-33-25-19-13-3)88-57-45-80(46-58-88)40-34-26-20-14-4)53-67-97(103)98-68-54-86(76-104(98)107)109-84-52-66-94-96-70-64-92(78-102(96)106(9,10)100(94)74-84)111(89-59-47-81(48-60-89)41-35-27-21-15-5)90-61-49-82(50-62-90)42-36-28-22-16-6/h43-70,73-78,108-109H,11-42,71-72H2,1-10H3. The molecule has 0 unspecified atom stereocenters. The van der Waals surface area contributed by atoms with Crippen molar-refractivity contribution in [2.45, 2.75) is 304 Å². The van der Waals surface area contributed by atoms with Crippen LogP contribution in [-0.2, 0) is 41.9 Å². The van der Waals surface area contributed by atoms with Crippen molar-refractivity contribution in [1.82, 2.24) is 0 Å². The molecule has 10 aromatic carbocycles. The number of anilines is 10. The van der Waals surface area contributed by atoms with Crippen LogP contribution in [0.2, 0.25) is 0 Å². The molecule has 0 fully saturated rings. The maximum absolute atomic E-state index is 4.09. The molecule has 0 bridgehead atoms. The molecule has 3 aliphatic carbocycles. The van der Waals surface area contributed by atoms with E-state index in [1.807, 2.05) is 0 Å². The van der Waals surface area contributed by atoms with Gasteiger partial charge in [0.1, 0.15) is 0 Å². The Hall–Kier alpha value is -8.60. The minimum atomic E-state index is -0.223. The highest BCUT2D eigenvalue weighted by Crippen LogP contribution is 2.58. The molecule has 0 saturated heterocycles. The number of benzene rings is 10. The lowest BCUT2D eigenvalue weighted by atomic mass is 9.70. The van der Waals surface area contributed by atoms with Crippen LogP contribution in [0.5, 0.6) is 0 Å². The number of aryl methyl sites for hydroxylation is 4. The summed E-state index contributed by atoms with van der Waals surface area (Å²) in [5.41, 5.74) is 33.7. The second kappa shape index (κ2) is 38.3. The van der Waals surface area contributed by atoms with E-state index in [0.29, 0.717) is 0 Å². The fraction of sp³-hybridized carbons (Fsp3) is 0.439. The minimum absolute atomic E-state index is 0.116. The summed E-state index contributed by atoms with van der Waals surface area (Å²) in [7, 11) is 0. The number of hydrogen-bond acceptors (Lipinski definition) is 4. The number of hydrogen-bond donors (Lipinski definition) is 2. The van der Waals surface area contributed by atoms with Crippen LogP contribution in [-0.4, -0.2) is 0 Å². The highest BCUT2D eigenvalue weighted by atomic mass is 15.1. The van der Waals surface area contributed by atoms with E-state index in [0.717, 1.165) is 49.9 Å². The van der Waals surface area contributed by atoms with Crippen molar-refractivity contribution < 1.29 is 0 Å². The first kappa shape index (κ1) is 80.4. The van der Waals surface area contributed by atoms with Gasteiger partial charge in [-0.05, 0) is 275 Å². The first-order valence-corrected chi connectivity index (χ1v) is 44.7. The van der Waals surface area contributed by atoms with Crippen LogP contribution < -0.4 is 20.4 Å². The summed E-state index contributed by atoms with van der Waals surface area (Å²) in [6.07, 6.45) is 42.7. The van der Waals surface area contributed by atoms with E-state index >= 15 is 0 Å². The molecule has 582 valence electrons. The van der Waals surface area contributed by atoms with Crippen molar-refractivity contribution in [1.29, 1.82) is 0 Å². The molecular formula is C107H134N4. The Morgan fingerprint density at radius 1 is 0.216 bits per heavy atom. The van der Waals surface area contributed by atoms with Gasteiger partial charge in [-0.25, -0.2) is 0 Å². The third-order valence-corrected chi connectivity index (χ3v) is 25.7. The molecular weight excluding hydrogens is 1340 g/mol. The lowest BCUT2D eigenvalue weighted by Crippen LogP contribution is -2.26.